The Bertz CT molecular complexity index is 1380. The maximum Gasteiger partial charge on any atom is 0.225 e. The van der Waals surface area contributed by atoms with Crippen molar-refractivity contribution in [2.24, 2.45) is 0 Å². The van der Waals surface area contributed by atoms with Crippen molar-refractivity contribution in [2.75, 3.05) is 11.1 Å². The molecule has 1 aliphatic carbocycles. The van der Waals surface area contributed by atoms with Crippen molar-refractivity contribution in [3.63, 3.8) is 0 Å². The van der Waals surface area contributed by atoms with Crippen LogP contribution in [-0.4, -0.2) is 26.8 Å². The third-order valence-electron chi connectivity index (χ3n) is 5.02. The van der Waals surface area contributed by atoms with E-state index in [4.69, 9.17) is 0 Å². The van der Waals surface area contributed by atoms with Gasteiger partial charge in [0.2, 0.25) is 11.1 Å². The molecule has 5 nitrogen and oxygen atoms in total. The van der Waals surface area contributed by atoms with Gasteiger partial charge < -0.3 is 5.32 Å². The van der Waals surface area contributed by atoms with E-state index in [1.54, 1.807) is 0 Å². The van der Waals surface area contributed by atoms with Crippen molar-refractivity contribution >= 4 is 34.1 Å². The Balaban J connectivity index is 1.29. The smallest absolute Gasteiger partial charge is 0.225 e. The van der Waals surface area contributed by atoms with Crippen LogP contribution in [-0.2, 0) is 4.79 Å². The largest absolute Gasteiger partial charge is 0.321 e. The van der Waals surface area contributed by atoms with Crippen molar-refractivity contribution in [1.29, 1.82) is 0 Å². The lowest BCUT2D eigenvalue weighted by Crippen LogP contribution is -2.16. The molecule has 5 rings (SSSR count). The van der Waals surface area contributed by atoms with Gasteiger partial charge in [0, 0.05) is 34.8 Å². The fraction of sp³-hybridized carbons (Fsp3) is 0.0909. The van der Waals surface area contributed by atoms with E-state index in [2.05, 4.69) is 15.2 Å². The molecule has 0 saturated carbocycles. The Labute approximate surface area is 182 Å². The van der Waals surface area contributed by atoms with E-state index in [0.717, 1.165) is 33.7 Å². The summed E-state index contributed by atoms with van der Waals surface area (Å²) in [5.41, 5.74) is 2.12. The molecule has 32 heavy (non-hydrogen) atoms. The lowest BCUT2D eigenvalue weighted by Gasteiger charge is -2.09. The highest BCUT2D eigenvalue weighted by atomic mass is 32.2. The first-order valence-corrected chi connectivity index (χ1v) is 10.5. The number of carbonyl (C=O) groups is 1. The van der Waals surface area contributed by atoms with Gasteiger partial charge in [-0.15, -0.1) is 10.2 Å². The van der Waals surface area contributed by atoms with Gasteiger partial charge in [-0.1, -0.05) is 48.2 Å². The summed E-state index contributed by atoms with van der Waals surface area (Å²) < 4.78 is 53.9. The number of aromatic nitrogens is 3. The van der Waals surface area contributed by atoms with Crippen LogP contribution in [0.4, 0.5) is 23.2 Å². The Kier molecular flexibility index (Phi) is 5.01. The molecular weight excluding hydrogens is 444 g/mol. The first kappa shape index (κ1) is 20.4. The van der Waals surface area contributed by atoms with E-state index in [1.165, 1.54) is 0 Å². The maximum absolute atomic E-state index is 13.7. The first-order valence-electron chi connectivity index (χ1n) is 9.47. The number of nitrogens with one attached hydrogen (secondary N) is 1. The monoisotopic (exact) mass is 456 g/mol. The normalized spacial score (nSPS) is 11.6. The number of rotatable bonds is 5. The molecule has 0 saturated heterocycles. The zero-order valence-corrected chi connectivity index (χ0v) is 16.9. The van der Waals surface area contributed by atoms with Gasteiger partial charge in [0.15, 0.2) is 23.3 Å². The summed E-state index contributed by atoms with van der Waals surface area (Å²) >= 11 is 1.13. The molecule has 0 bridgehead atoms. The molecule has 0 atom stereocenters. The number of nitrogens with zero attached hydrogens (tertiary/aromatic N) is 3. The summed E-state index contributed by atoms with van der Waals surface area (Å²) in [7, 11) is 0. The molecule has 10 heteroatoms. The highest BCUT2D eigenvalue weighted by molar-refractivity contribution is 7.99. The second-order valence-electron chi connectivity index (χ2n) is 6.99. The number of thioether (sulfide) groups is 1. The van der Waals surface area contributed by atoms with E-state index >= 15 is 0 Å². The molecule has 0 aliphatic heterocycles. The average molecular weight is 456 g/mol. The van der Waals surface area contributed by atoms with E-state index in [-0.39, 0.29) is 18.2 Å². The Morgan fingerprint density at radius 3 is 2.25 bits per heavy atom. The van der Waals surface area contributed by atoms with Crippen LogP contribution in [0.5, 0.6) is 0 Å². The average Bonchev–Trinajstić information content (AvgIpc) is 3.11. The SMILES string of the molecule is O=C(CCSc1nnc2c(n1)-c1cccc3cccc-2c13)Nc1c(F)c(F)cc(F)c1F. The van der Waals surface area contributed by atoms with Crippen LogP contribution in [0.15, 0.2) is 47.6 Å². The quantitative estimate of drug-likeness (QED) is 0.219. The molecule has 4 aromatic rings. The van der Waals surface area contributed by atoms with E-state index in [1.807, 2.05) is 41.7 Å². The number of benzene rings is 3. The van der Waals surface area contributed by atoms with Crippen LogP contribution in [0.25, 0.3) is 33.3 Å². The van der Waals surface area contributed by atoms with Gasteiger partial charge >= 0.3 is 0 Å². The molecule has 160 valence electrons. The van der Waals surface area contributed by atoms with Gasteiger partial charge in [-0.3, -0.25) is 4.79 Å². The lowest BCUT2D eigenvalue weighted by atomic mass is 10.0. The van der Waals surface area contributed by atoms with Crippen molar-refractivity contribution in [3.8, 4) is 22.5 Å². The number of carbonyl (C=O) groups excluding carboxylic acids is 1. The van der Waals surface area contributed by atoms with Crippen LogP contribution in [0.1, 0.15) is 6.42 Å². The standard InChI is InChI=1S/C22H12F4N4OS/c23-13-9-14(24)18(26)21(17(13)25)27-15(31)7-8-32-22-28-19-11-5-1-3-10-4-2-6-12(16(10)11)20(19)29-30-22/h1-6,9H,7-8H2,(H,27,31). The van der Waals surface area contributed by atoms with Gasteiger partial charge in [-0.05, 0) is 5.39 Å². The Morgan fingerprint density at radius 1 is 0.906 bits per heavy atom. The van der Waals surface area contributed by atoms with Crippen molar-refractivity contribution in [2.45, 2.75) is 11.6 Å². The zero-order chi connectivity index (χ0) is 22.4. The number of hydrogen-bond acceptors (Lipinski definition) is 5. The third-order valence-corrected chi connectivity index (χ3v) is 5.86. The van der Waals surface area contributed by atoms with Crippen LogP contribution >= 0.6 is 11.8 Å². The van der Waals surface area contributed by atoms with Crippen LogP contribution in [0.3, 0.4) is 0 Å². The summed E-state index contributed by atoms with van der Waals surface area (Å²) in [6, 6.07) is 11.9. The predicted octanol–water partition coefficient (Wildman–Crippen LogP) is 5.35. The Hall–Kier alpha value is -3.53. The number of halogens is 4. The lowest BCUT2D eigenvalue weighted by molar-refractivity contribution is -0.115. The van der Waals surface area contributed by atoms with Crippen molar-refractivity contribution < 1.29 is 22.4 Å². The second-order valence-corrected chi connectivity index (χ2v) is 8.05. The van der Waals surface area contributed by atoms with Gasteiger partial charge in [-0.2, -0.15) is 0 Å². The number of hydrogen-bond donors (Lipinski definition) is 1. The molecule has 1 aliphatic rings. The molecule has 1 heterocycles. The molecule has 0 radical (unpaired) electrons. The molecule has 1 amide bonds. The minimum Gasteiger partial charge on any atom is -0.321 e. The van der Waals surface area contributed by atoms with E-state index in [9.17, 15) is 22.4 Å². The van der Waals surface area contributed by atoms with Crippen molar-refractivity contribution in [3.05, 3.63) is 65.7 Å². The molecular formula is C22H12F4N4OS. The minimum atomic E-state index is -1.66. The molecule has 1 aromatic heterocycles. The summed E-state index contributed by atoms with van der Waals surface area (Å²) in [6.07, 6.45) is -0.196. The topological polar surface area (TPSA) is 67.8 Å². The minimum absolute atomic E-state index is 0.0765. The van der Waals surface area contributed by atoms with Gasteiger partial charge in [0.25, 0.3) is 0 Å². The van der Waals surface area contributed by atoms with Crippen LogP contribution < -0.4 is 5.32 Å². The van der Waals surface area contributed by atoms with Gasteiger partial charge in [-0.25, -0.2) is 22.5 Å². The molecule has 0 fully saturated rings. The predicted molar refractivity (Wildman–Crippen MR) is 112 cm³/mol. The van der Waals surface area contributed by atoms with E-state index < -0.39 is 34.9 Å². The summed E-state index contributed by atoms with van der Waals surface area (Å²) in [5, 5.41) is 12.7. The summed E-state index contributed by atoms with van der Waals surface area (Å²) in [4.78, 5) is 16.6. The Morgan fingerprint density at radius 2 is 1.56 bits per heavy atom. The molecule has 0 spiro atoms. The molecule has 0 unspecified atom stereocenters. The van der Waals surface area contributed by atoms with Crippen LogP contribution in [0, 0.1) is 23.3 Å². The van der Waals surface area contributed by atoms with Crippen LogP contribution in [0.2, 0.25) is 0 Å². The number of amides is 1. The highest BCUT2D eigenvalue weighted by Crippen LogP contribution is 2.44. The fourth-order valence-electron chi connectivity index (χ4n) is 3.60. The fourth-order valence-corrected chi connectivity index (χ4v) is 4.32. The van der Waals surface area contributed by atoms with E-state index in [0.29, 0.717) is 16.5 Å². The second kappa shape index (κ2) is 7.86. The highest BCUT2D eigenvalue weighted by Gasteiger charge is 2.25. The number of anilines is 1. The first-order chi connectivity index (χ1) is 15.4. The molecule has 1 N–H and O–H groups in total. The van der Waals surface area contributed by atoms with Gasteiger partial charge in [0.1, 0.15) is 17.1 Å². The molecule has 3 aromatic carbocycles. The zero-order valence-electron chi connectivity index (χ0n) is 16.1. The third kappa shape index (κ3) is 3.36. The maximum atomic E-state index is 13.7. The summed E-state index contributed by atoms with van der Waals surface area (Å²) in [6.45, 7) is 0. The number of fused-ring (bicyclic) bond motifs is 3. The van der Waals surface area contributed by atoms with Crippen molar-refractivity contribution in [1.82, 2.24) is 15.2 Å². The summed E-state index contributed by atoms with van der Waals surface area (Å²) in [5.74, 6) is -7.17. The van der Waals surface area contributed by atoms with Gasteiger partial charge in [0.05, 0.1) is 0 Å².